The highest BCUT2D eigenvalue weighted by atomic mass is 35.5. The summed E-state index contributed by atoms with van der Waals surface area (Å²) in [6.07, 6.45) is 1.40. The number of carbonyl (C=O) groups is 2. The van der Waals surface area contributed by atoms with E-state index in [1.807, 2.05) is 22.4 Å². The van der Waals surface area contributed by atoms with Gasteiger partial charge in [-0.15, -0.1) is 22.9 Å². The first-order valence-electron chi connectivity index (χ1n) is 10.8. The number of methoxy groups -OCH3 is 1. The quantitative estimate of drug-likeness (QED) is 0.310. The van der Waals surface area contributed by atoms with Gasteiger partial charge in [0.25, 0.3) is 0 Å². The summed E-state index contributed by atoms with van der Waals surface area (Å²) in [5.41, 5.74) is 1.13. The van der Waals surface area contributed by atoms with Crippen LogP contribution in [0.2, 0.25) is 10.0 Å². The monoisotopic (exact) mass is 530 g/mol. The number of hydrogen-bond acceptors (Lipinski definition) is 4. The molecule has 2 aromatic rings. The van der Waals surface area contributed by atoms with E-state index in [1.165, 1.54) is 4.88 Å². The standard InChI is InChI=1S/C24H29Cl3N2O3S/c1-24(2,15-25)23(31)28(9-4-11-32-3)14-21(30)29-10-7-20-18(8-12-33-20)22(29)17-6-5-16(26)13-19(17)27/h5-6,8,12-13,22H,4,7,9-11,14-15H2,1-3H3. The van der Waals surface area contributed by atoms with Crippen molar-refractivity contribution in [2.45, 2.75) is 32.7 Å². The van der Waals surface area contributed by atoms with Crippen LogP contribution >= 0.6 is 46.1 Å². The molecule has 0 saturated heterocycles. The first-order chi connectivity index (χ1) is 15.7. The Hall–Kier alpha value is -1.31. The third-order valence-corrected chi connectivity index (χ3v) is 8.07. The van der Waals surface area contributed by atoms with Crippen molar-refractivity contribution in [3.05, 3.63) is 55.7 Å². The van der Waals surface area contributed by atoms with E-state index >= 15 is 0 Å². The van der Waals surface area contributed by atoms with Gasteiger partial charge in [0.05, 0.1) is 18.0 Å². The summed E-state index contributed by atoms with van der Waals surface area (Å²) in [5.74, 6) is -0.0959. The lowest BCUT2D eigenvalue weighted by molar-refractivity contribution is -0.146. The van der Waals surface area contributed by atoms with E-state index in [2.05, 4.69) is 0 Å². The third kappa shape index (κ3) is 6.04. The van der Waals surface area contributed by atoms with Gasteiger partial charge in [0.1, 0.15) is 0 Å². The van der Waals surface area contributed by atoms with Crippen molar-refractivity contribution in [2.24, 2.45) is 5.41 Å². The van der Waals surface area contributed by atoms with Crippen LogP contribution in [0.1, 0.15) is 42.3 Å². The lowest BCUT2D eigenvalue weighted by Crippen LogP contribution is -2.50. The molecule has 2 amide bonds. The summed E-state index contributed by atoms with van der Waals surface area (Å²) >= 11 is 20.4. The first kappa shape index (κ1) is 26.3. The van der Waals surface area contributed by atoms with Gasteiger partial charge in [-0.2, -0.15) is 0 Å². The average molecular weight is 532 g/mol. The van der Waals surface area contributed by atoms with Gasteiger partial charge < -0.3 is 14.5 Å². The number of ether oxygens (including phenoxy) is 1. The lowest BCUT2D eigenvalue weighted by atomic mass is 9.92. The van der Waals surface area contributed by atoms with Gasteiger partial charge in [-0.3, -0.25) is 9.59 Å². The number of nitrogens with zero attached hydrogens (tertiary/aromatic N) is 2. The second-order valence-corrected chi connectivity index (χ2v) is 10.9. The maximum absolute atomic E-state index is 13.7. The number of thiophene rings is 1. The topological polar surface area (TPSA) is 49.9 Å². The minimum atomic E-state index is -0.768. The van der Waals surface area contributed by atoms with Crippen LogP contribution < -0.4 is 0 Å². The number of rotatable bonds is 9. The largest absolute Gasteiger partial charge is 0.385 e. The van der Waals surface area contributed by atoms with E-state index < -0.39 is 5.41 Å². The minimum Gasteiger partial charge on any atom is -0.385 e. The molecular weight excluding hydrogens is 503 g/mol. The zero-order chi connectivity index (χ0) is 24.2. The van der Waals surface area contributed by atoms with Crippen molar-refractivity contribution < 1.29 is 14.3 Å². The predicted octanol–water partition coefficient (Wildman–Crippen LogP) is 5.66. The van der Waals surface area contributed by atoms with Gasteiger partial charge in [-0.05, 0) is 61.4 Å². The molecule has 1 aromatic carbocycles. The van der Waals surface area contributed by atoms with E-state index in [4.69, 9.17) is 39.5 Å². The Morgan fingerprint density at radius 1 is 1.24 bits per heavy atom. The molecule has 0 aliphatic carbocycles. The van der Waals surface area contributed by atoms with E-state index in [1.54, 1.807) is 49.3 Å². The maximum Gasteiger partial charge on any atom is 0.242 e. The fraction of sp³-hybridized carbons (Fsp3) is 0.500. The number of fused-ring (bicyclic) bond motifs is 1. The van der Waals surface area contributed by atoms with Crippen LogP contribution in [0.25, 0.3) is 0 Å². The SMILES string of the molecule is COCCCN(CC(=O)N1CCc2sccc2C1c1ccc(Cl)cc1Cl)C(=O)C(C)(C)CCl. The fourth-order valence-electron chi connectivity index (χ4n) is 4.04. The highest BCUT2D eigenvalue weighted by molar-refractivity contribution is 7.10. The first-order valence-corrected chi connectivity index (χ1v) is 13.0. The van der Waals surface area contributed by atoms with Gasteiger partial charge in [0.2, 0.25) is 11.8 Å². The maximum atomic E-state index is 13.7. The summed E-state index contributed by atoms with van der Waals surface area (Å²) in [6, 6.07) is 7.09. The van der Waals surface area contributed by atoms with Crippen LogP contribution in [0.3, 0.4) is 0 Å². The Bertz CT molecular complexity index is 995. The fourth-order valence-corrected chi connectivity index (χ4v) is 5.57. The van der Waals surface area contributed by atoms with Gasteiger partial charge in [0, 0.05) is 47.6 Å². The molecule has 9 heteroatoms. The molecule has 1 atom stereocenters. The molecular formula is C24H29Cl3N2O3S. The molecule has 0 spiro atoms. The van der Waals surface area contributed by atoms with Gasteiger partial charge >= 0.3 is 0 Å². The van der Waals surface area contributed by atoms with E-state index in [9.17, 15) is 9.59 Å². The second-order valence-electron chi connectivity index (χ2n) is 8.80. The second kappa shape index (κ2) is 11.4. The summed E-state index contributed by atoms with van der Waals surface area (Å²) in [7, 11) is 1.62. The summed E-state index contributed by atoms with van der Waals surface area (Å²) in [6.45, 7) is 5.04. The molecule has 1 aromatic heterocycles. The molecule has 0 radical (unpaired) electrons. The smallest absolute Gasteiger partial charge is 0.242 e. The molecule has 0 N–H and O–H groups in total. The Morgan fingerprint density at radius 3 is 2.67 bits per heavy atom. The summed E-state index contributed by atoms with van der Waals surface area (Å²) < 4.78 is 5.15. The highest BCUT2D eigenvalue weighted by Crippen LogP contribution is 2.41. The zero-order valence-electron chi connectivity index (χ0n) is 19.1. The molecule has 0 saturated carbocycles. The zero-order valence-corrected chi connectivity index (χ0v) is 22.2. The minimum absolute atomic E-state index is 0.0238. The number of carbonyl (C=O) groups excluding carboxylic acids is 2. The molecule has 1 aliphatic rings. The molecule has 5 nitrogen and oxygen atoms in total. The molecule has 1 unspecified atom stereocenters. The van der Waals surface area contributed by atoms with Crippen LogP contribution in [0, 0.1) is 5.41 Å². The third-order valence-electron chi connectivity index (χ3n) is 5.85. The van der Waals surface area contributed by atoms with Crippen molar-refractivity contribution in [2.75, 3.05) is 39.2 Å². The molecule has 0 bridgehead atoms. The van der Waals surface area contributed by atoms with Crippen molar-refractivity contribution in [1.29, 1.82) is 0 Å². The van der Waals surface area contributed by atoms with E-state index in [-0.39, 0.29) is 30.3 Å². The van der Waals surface area contributed by atoms with Crippen LogP contribution in [0.15, 0.2) is 29.6 Å². The van der Waals surface area contributed by atoms with Gasteiger partial charge in [-0.25, -0.2) is 0 Å². The Labute approximate surface area is 214 Å². The number of amides is 2. The van der Waals surface area contributed by atoms with Crippen molar-refractivity contribution >= 4 is 58.0 Å². The lowest BCUT2D eigenvalue weighted by Gasteiger charge is -2.39. The van der Waals surface area contributed by atoms with E-state index in [0.717, 1.165) is 17.5 Å². The molecule has 1 aliphatic heterocycles. The summed E-state index contributed by atoms with van der Waals surface area (Å²) in [5, 5.41) is 3.10. The Morgan fingerprint density at radius 2 is 2.00 bits per heavy atom. The molecule has 3 rings (SSSR count). The molecule has 33 heavy (non-hydrogen) atoms. The van der Waals surface area contributed by atoms with Gasteiger partial charge in [-0.1, -0.05) is 29.3 Å². The normalized spacial score (nSPS) is 15.9. The highest BCUT2D eigenvalue weighted by Gasteiger charge is 2.37. The number of hydrogen-bond donors (Lipinski definition) is 0. The predicted molar refractivity (Wildman–Crippen MR) is 136 cm³/mol. The number of halogens is 3. The number of alkyl halides is 1. The van der Waals surface area contributed by atoms with Crippen LogP contribution in [-0.4, -0.2) is 60.8 Å². The van der Waals surface area contributed by atoms with Crippen LogP contribution in [0.5, 0.6) is 0 Å². The van der Waals surface area contributed by atoms with Crippen molar-refractivity contribution in [1.82, 2.24) is 9.80 Å². The molecule has 0 fully saturated rings. The molecule has 180 valence electrons. The van der Waals surface area contributed by atoms with Crippen LogP contribution in [-0.2, 0) is 20.7 Å². The Kier molecular flexibility index (Phi) is 9.09. The number of benzene rings is 1. The van der Waals surface area contributed by atoms with Crippen LogP contribution in [0.4, 0.5) is 0 Å². The Balaban J connectivity index is 1.91. The summed E-state index contributed by atoms with van der Waals surface area (Å²) in [4.78, 5) is 31.5. The average Bonchev–Trinajstić information content (AvgIpc) is 3.26. The molecule has 2 heterocycles. The van der Waals surface area contributed by atoms with Crippen molar-refractivity contribution in [3.8, 4) is 0 Å². The van der Waals surface area contributed by atoms with Gasteiger partial charge in [0.15, 0.2) is 0 Å². The van der Waals surface area contributed by atoms with E-state index in [0.29, 0.717) is 36.2 Å². The van der Waals surface area contributed by atoms with Crippen molar-refractivity contribution in [3.63, 3.8) is 0 Å².